The van der Waals surface area contributed by atoms with Gasteiger partial charge in [0.15, 0.2) is 0 Å². The molecule has 0 saturated heterocycles. The smallest absolute Gasteiger partial charge is 0.239 e. The van der Waals surface area contributed by atoms with Gasteiger partial charge in [0.05, 0.1) is 0 Å². The molecule has 3 rings (SSSR count). The van der Waals surface area contributed by atoms with Gasteiger partial charge in [-0.1, -0.05) is 25.1 Å². The van der Waals surface area contributed by atoms with E-state index in [2.05, 4.69) is 34.5 Å². The minimum Gasteiger partial charge on any atom is -0.369 e. The Labute approximate surface area is 120 Å². The molecule has 0 spiro atoms. The van der Waals surface area contributed by atoms with E-state index >= 15 is 0 Å². The molecule has 1 atom stereocenters. The zero-order valence-corrected chi connectivity index (χ0v) is 12.1. The van der Waals surface area contributed by atoms with Gasteiger partial charge in [-0.15, -0.1) is 0 Å². The molecule has 20 heavy (non-hydrogen) atoms. The first-order chi connectivity index (χ1) is 9.67. The summed E-state index contributed by atoms with van der Waals surface area (Å²) in [6, 6.07) is 8.46. The fourth-order valence-electron chi connectivity index (χ4n) is 3.46. The van der Waals surface area contributed by atoms with Crippen molar-refractivity contribution in [3.63, 3.8) is 0 Å². The molecule has 1 amide bonds. The predicted octanol–water partition coefficient (Wildman–Crippen LogP) is 1.29. The number of para-hydroxylation sites is 1. The van der Waals surface area contributed by atoms with Crippen LogP contribution in [0.4, 0.5) is 5.69 Å². The van der Waals surface area contributed by atoms with Gasteiger partial charge < -0.3 is 16.0 Å². The molecule has 1 aromatic carbocycles. The van der Waals surface area contributed by atoms with Gasteiger partial charge in [0, 0.05) is 18.8 Å². The first-order valence-electron chi connectivity index (χ1n) is 7.55. The molecule has 2 aliphatic rings. The van der Waals surface area contributed by atoms with E-state index in [9.17, 15) is 4.79 Å². The Hall–Kier alpha value is -1.55. The van der Waals surface area contributed by atoms with Crippen molar-refractivity contribution in [1.82, 2.24) is 5.32 Å². The topological polar surface area (TPSA) is 58.4 Å². The van der Waals surface area contributed by atoms with E-state index in [0.29, 0.717) is 12.5 Å². The van der Waals surface area contributed by atoms with Crippen molar-refractivity contribution < 1.29 is 4.79 Å². The van der Waals surface area contributed by atoms with Gasteiger partial charge in [-0.05, 0) is 43.4 Å². The Kier molecular flexibility index (Phi) is 3.42. The summed E-state index contributed by atoms with van der Waals surface area (Å²) in [5, 5.41) is 3.40. The lowest BCUT2D eigenvalue weighted by molar-refractivity contribution is -0.125. The highest BCUT2D eigenvalue weighted by Crippen LogP contribution is 2.41. The van der Waals surface area contributed by atoms with Crippen LogP contribution in [-0.4, -0.2) is 31.1 Å². The molecule has 4 nitrogen and oxygen atoms in total. The fourth-order valence-corrected chi connectivity index (χ4v) is 3.46. The SMILES string of the molecule is CCNC(CN1CCc2ccccc21)(C(N)=O)C1CC1. The number of carbonyl (C=O) groups is 1. The number of amides is 1. The zero-order chi connectivity index (χ0) is 14.2. The van der Waals surface area contributed by atoms with Crippen LogP contribution in [-0.2, 0) is 11.2 Å². The molecule has 1 unspecified atom stereocenters. The Balaban J connectivity index is 1.86. The van der Waals surface area contributed by atoms with E-state index in [0.717, 1.165) is 32.4 Å². The molecule has 0 radical (unpaired) electrons. The summed E-state index contributed by atoms with van der Waals surface area (Å²) in [7, 11) is 0. The van der Waals surface area contributed by atoms with Gasteiger partial charge >= 0.3 is 0 Å². The average Bonchev–Trinajstić information content (AvgIpc) is 3.21. The minimum absolute atomic E-state index is 0.203. The summed E-state index contributed by atoms with van der Waals surface area (Å²) in [6.07, 6.45) is 3.26. The molecule has 1 aliphatic heterocycles. The lowest BCUT2D eigenvalue weighted by atomic mass is 9.91. The van der Waals surface area contributed by atoms with Crippen molar-refractivity contribution >= 4 is 11.6 Å². The standard InChI is InChI=1S/C16H23N3O/c1-2-18-16(15(17)20,13-7-8-13)11-19-10-9-12-5-3-4-6-14(12)19/h3-6,13,18H,2,7-11H2,1H3,(H2,17,20). The molecule has 3 N–H and O–H groups in total. The molecule has 1 heterocycles. The van der Waals surface area contributed by atoms with Gasteiger partial charge in [0.25, 0.3) is 0 Å². The number of nitrogens with zero attached hydrogens (tertiary/aromatic N) is 1. The van der Waals surface area contributed by atoms with Gasteiger partial charge in [0.1, 0.15) is 5.54 Å². The van der Waals surface area contributed by atoms with Crippen LogP contribution in [0.15, 0.2) is 24.3 Å². The molecule has 0 bridgehead atoms. The summed E-state index contributed by atoms with van der Waals surface area (Å²) >= 11 is 0. The summed E-state index contributed by atoms with van der Waals surface area (Å²) in [5.41, 5.74) is 7.84. The summed E-state index contributed by atoms with van der Waals surface area (Å²) in [6.45, 7) is 4.48. The lowest BCUT2D eigenvalue weighted by Gasteiger charge is -2.36. The summed E-state index contributed by atoms with van der Waals surface area (Å²) < 4.78 is 0. The van der Waals surface area contributed by atoms with Crippen LogP contribution in [0.5, 0.6) is 0 Å². The molecule has 108 valence electrons. The third-order valence-electron chi connectivity index (χ3n) is 4.63. The predicted molar refractivity (Wildman–Crippen MR) is 80.7 cm³/mol. The third kappa shape index (κ3) is 2.18. The number of fused-ring (bicyclic) bond motifs is 1. The molecule has 1 aliphatic carbocycles. The maximum Gasteiger partial charge on any atom is 0.239 e. The average molecular weight is 273 g/mol. The fraction of sp³-hybridized carbons (Fsp3) is 0.562. The number of hydrogen-bond donors (Lipinski definition) is 2. The highest BCUT2D eigenvalue weighted by Gasteiger charge is 2.50. The van der Waals surface area contributed by atoms with Crippen LogP contribution < -0.4 is 16.0 Å². The van der Waals surface area contributed by atoms with Crippen LogP contribution in [0.25, 0.3) is 0 Å². The van der Waals surface area contributed by atoms with Crippen LogP contribution in [0.2, 0.25) is 0 Å². The van der Waals surface area contributed by atoms with Crippen molar-refractivity contribution in [2.45, 2.75) is 31.7 Å². The zero-order valence-electron chi connectivity index (χ0n) is 12.1. The van der Waals surface area contributed by atoms with E-state index in [1.54, 1.807) is 0 Å². The van der Waals surface area contributed by atoms with E-state index in [1.165, 1.54) is 11.3 Å². The highest BCUT2D eigenvalue weighted by molar-refractivity contribution is 5.86. The van der Waals surface area contributed by atoms with Crippen LogP contribution in [0.1, 0.15) is 25.3 Å². The molecule has 4 heteroatoms. The lowest BCUT2D eigenvalue weighted by Crippen LogP contribution is -2.63. The highest BCUT2D eigenvalue weighted by atomic mass is 16.1. The van der Waals surface area contributed by atoms with Crippen LogP contribution >= 0.6 is 0 Å². The largest absolute Gasteiger partial charge is 0.369 e. The molecule has 0 aromatic heterocycles. The Bertz CT molecular complexity index is 512. The molecular formula is C16H23N3O. The number of anilines is 1. The first-order valence-corrected chi connectivity index (χ1v) is 7.55. The number of carbonyl (C=O) groups excluding carboxylic acids is 1. The van der Waals surface area contributed by atoms with Gasteiger partial charge in [-0.2, -0.15) is 0 Å². The quantitative estimate of drug-likeness (QED) is 0.821. The second-order valence-electron chi connectivity index (χ2n) is 5.94. The monoisotopic (exact) mass is 273 g/mol. The summed E-state index contributed by atoms with van der Waals surface area (Å²) in [5.74, 6) is 0.193. The Morgan fingerprint density at radius 3 is 2.85 bits per heavy atom. The maximum atomic E-state index is 12.1. The van der Waals surface area contributed by atoms with Gasteiger partial charge in [0.2, 0.25) is 5.91 Å². The van der Waals surface area contributed by atoms with Crippen molar-refractivity contribution in [1.29, 1.82) is 0 Å². The second-order valence-corrected chi connectivity index (χ2v) is 5.94. The molecule has 1 fully saturated rings. The number of primary amides is 1. The number of likely N-dealkylation sites (N-methyl/N-ethyl adjacent to an activating group) is 1. The Morgan fingerprint density at radius 1 is 1.45 bits per heavy atom. The minimum atomic E-state index is -0.563. The number of rotatable bonds is 6. The van der Waals surface area contributed by atoms with Gasteiger partial charge in [-0.25, -0.2) is 0 Å². The normalized spacial score (nSPS) is 20.6. The maximum absolute atomic E-state index is 12.1. The van der Waals surface area contributed by atoms with Crippen molar-refractivity contribution in [3.8, 4) is 0 Å². The van der Waals surface area contributed by atoms with Crippen LogP contribution in [0, 0.1) is 5.92 Å². The molecule has 1 aromatic rings. The van der Waals surface area contributed by atoms with Crippen molar-refractivity contribution in [2.24, 2.45) is 11.7 Å². The molecular weight excluding hydrogens is 250 g/mol. The third-order valence-corrected chi connectivity index (χ3v) is 4.63. The van der Waals surface area contributed by atoms with E-state index < -0.39 is 5.54 Å². The second kappa shape index (κ2) is 5.09. The molecule has 1 saturated carbocycles. The van der Waals surface area contributed by atoms with E-state index in [-0.39, 0.29) is 5.91 Å². The van der Waals surface area contributed by atoms with Crippen molar-refractivity contribution in [2.75, 3.05) is 24.5 Å². The number of nitrogens with one attached hydrogen (secondary N) is 1. The summed E-state index contributed by atoms with van der Waals surface area (Å²) in [4.78, 5) is 14.4. The van der Waals surface area contributed by atoms with Crippen LogP contribution in [0.3, 0.4) is 0 Å². The van der Waals surface area contributed by atoms with Gasteiger partial charge in [-0.3, -0.25) is 4.79 Å². The van der Waals surface area contributed by atoms with E-state index in [1.807, 2.05) is 6.92 Å². The first kappa shape index (κ1) is 13.4. The number of hydrogen-bond acceptors (Lipinski definition) is 3. The van der Waals surface area contributed by atoms with Crippen molar-refractivity contribution in [3.05, 3.63) is 29.8 Å². The Morgan fingerprint density at radius 2 is 2.20 bits per heavy atom. The number of nitrogens with two attached hydrogens (primary N) is 1. The van der Waals surface area contributed by atoms with E-state index in [4.69, 9.17) is 5.73 Å². The number of benzene rings is 1.